The number of hydrogen-bond acceptors (Lipinski definition) is 5. The zero-order chi connectivity index (χ0) is 15.1. The van der Waals surface area contributed by atoms with Gasteiger partial charge in [-0.15, -0.1) is 5.10 Å². The Morgan fingerprint density at radius 2 is 2.33 bits per heavy atom. The Morgan fingerprint density at radius 3 is 3.05 bits per heavy atom. The van der Waals surface area contributed by atoms with Gasteiger partial charge in [0, 0.05) is 38.5 Å². The van der Waals surface area contributed by atoms with Gasteiger partial charge >= 0.3 is 0 Å². The lowest BCUT2D eigenvalue weighted by Crippen LogP contribution is -2.35. The van der Waals surface area contributed by atoms with Gasteiger partial charge in [-0.2, -0.15) is 0 Å². The van der Waals surface area contributed by atoms with E-state index in [1.54, 1.807) is 0 Å². The molecule has 1 fully saturated rings. The minimum atomic E-state index is 0.408. The van der Waals surface area contributed by atoms with E-state index < -0.39 is 0 Å². The SMILES string of the molecule is CC(C)NCc1cn(CCN(C)CC2CCCCO2)nn1. The third-order valence-electron chi connectivity index (χ3n) is 3.78. The molecule has 0 radical (unpaired) electrons. The fourth-order valence-electron chi connectivity index (χ4n) is 2.50. The first kappa shape index (κ1) is 16.4. The molecular formula is C15H29N5O. The van der Waals surface area contributed by atoms with E-state index in [1.807, 2.05) is 10.9 Å². The van der Waals surface area contributed by atoms with E-state index in [9.17, 15) is 0 Å². The number of aromatic nitrogens is 3. The first-order valence-electron chi connectivity index (χ1n) is 8.06. The van der Waals surface area contributed by atoms with E-state index in [2.05, 4.69) is 41.4 Å². The van der Waals surface area contributed by atoms with Crippen molar-refractivity contribution in [3.63, 3.8) is 0 Å². The third-order valence-corrected chi connectivity index (χ3v) is 3.78. The van der Waals surface area contributed by atoms with Crippen molar-refractivity contribution >= 4 is 0 Å². The van der Waals surface area contributed by atoms with Gasteiger partial charge in [-0.1, -0.05) is 19.1 Å². The van der Waals surface area contributed by atoms with Crippen LogP contribution in [-0.2, 0) is 17.8 Å². The molecule has 1 aliphatic heterocycles. The van der Waals surface area contributed by atoms with E-state index in [4.69, 9.17) is 4.74 Å². The predicted octanol–water partition coefficient (Wildman–Crippen LogP) is 1.28. The second-order valence-electron chi connectivity index (χ2n) is 6.26. The molecule has 1 unspecified atom stereocenters. The van der Waals surface area contributed by atoms with E-state index >= 15 is 0 Å². The van der Waals surface area contributed by atoms with Crippen LogP contribution in [-0.4, -0.2) is 58.8 Å². The van der Waals surface area contributed by atoms with Gasteiger partial charge in [0.1, 0.15) is 0 Å². The van der Waals surface area contributed by atoms with Gasteiger partial charge in [0.2, 0.25) is 0 Å². The fourth-order valence-corrected chi connectivity index (χ4v) is 2.50. The van der Waals surface area contributed by atoms with Crippen molar-refractivity contribution in [2.75, 3.05) is 26.7 Å². The van der Waals surface area contributed by atoms with E-state index in [1.165, 1.54) is 19.3 Å². The molecule has 1 aromatic rings. The molecule has 1 aliphatic rings. The third kappa shape index (κ3) is 6.11. The molecule has 21 heavy (non-hydrogen) atoms. The Hall–Kier alpha value is -0.980. The topological polar surface area (TPSA) is 55.2 Å². The molecule has 0 amide bonds. The fraction of sp³-hybridized carbons (Fsp3) is 0.867. The zero-order valence-electron chi connectivity index (χ0n) is 13.6. The van der Waals surface area contributed by atoms with Crippen LogP contribution in [0.1, 0.15) is 38.8 Å². The molecule has 0 spiro atoms. The summed E-state index contributed by atoms with van der Waals surface area (Å²) < 4.78 is 7.70. The molecule has 0 saturated carbocycles. The first-order valence-corrected chi connectivity index (χ1v) is 8.06. The summed E-state index contributed by atoms with van der Waals surface area (Å²) in [6.45, 7) is 8.82. The Kier molecular flexibility index (Phi) is 6.60. The number of rotatable bonds is 8. The highest BCUT2D eigenvalue weighted by molar-refractivity contribution is 4.91. The predicted molar refractivity (Wildman–Crippen MR) is 83.1 cm³/mol. The smallest absolute Gasteiger partial charge is 0.0964 e. The summed E-state index contributed by atoms with van der Waals surface area (Å²) in [4.78, 5) is 2.32. The summed E-state index contributed by atoms with van der Waals surface area (Å²) in [7, 11) is 2.15. The molecule has 2 heterocycles. The number of ether oxygens (including phenoxy) is 1. The summed E-state index contributed by atoms with van der Waals surface area (Å²) in [6, 6.07) is 0.469. The van der Waals surface area contributed by atoms with Crippen molar-refractivity contribution in [2.24, 2.45) is 0 Å². The molecule has 1 aromatic heterocycles. The average molecular weight is 295 g/mol. The maximum absolute atomic E-state index is 5.77. The minimum Gasteiger partial charge on any atom is -0.377 e. The number of nitrogens with one attached hydrogen (secondary N) is 1. The van der Waals surface area contributed by atoms with E-state index in [-0.39, 0.29) is 0 Å². The van der Waals surface area contributed by atoms with Crippen LogP contribution < -0.4 is 5.32 Å². The standard InChI is InChI=1S/C15H29N5O/c1-13(2)16-10-14-11-20(18-17-14)8-7-19(3)12-15-6-4-5-9-21-15/h11,13,15-16H,4-10,12H2,1-3H3. The summed E-state index contributed by atoms with van der Waals surface area (Å²) in [5.74, 6) is 0. The quantitative estimate of drug-likeness (QED) is 0.783. The lowest BCUT2D eigenvalue weighted by molar-refractivity contribution is -0.00194. The van der Waals surface area contributed by atoms with Crippen LogP contribution in [0.3, 0.4) is 0 Å². The van der Waals surface area contributed by atoms with Crippen molar-refractivity contribution in [1.82, 2.24) is 25.2 Å². The zero-order valence-corrected chi connectivity index (χ0v) is 13.6. The molecule has 6 heteroatoms. The average Bonchev–Trinajstić information content (AvgIpc) is 2.92. The Bertz CT molecular complexity index is 401. The maximum atomic E-state index is 5.77. The molecule has 0 bridgehead atoms. The van der Waals surface area contributed by atoms with Crippen LogP contribution in [0.15, 0.2) is 6.20 Å². The van der Waals surface area contributed by atoms with Crippen LogP contribution in [0.4, 0.5) is 0 Å². The van der Waals surface area contributed by atoms with Crippen molar-refractivity contribution in [3.05, 3.63) is 11.9 Å². The van der Waals surface area contributed by atoms with Gasteiger partial charge in [0.25, 0.3) is 0 Å². The Labute approximate surface area is 127 Å². The number of hydrogen-bond donors (Lipinski definition) is 1. The summed E-state index contributed by atoms with van der Waals surface area (Å²) >= 11 is 0. The summed E-state index contributed by atoms with van der Waals surface area (Å²) in [5, 5.41) is 11.7. The second kappa shape index (κ2) is 8.46. The van der Waals surface area contributed by atoms with Gasteiger partial charge in [0.15, 0.2) is 0 Å². The van der Waals surface area contributed by atoms with E-state index in [0.29, 0.717) is 12.1 Å². The molecule has 0 aromatic carbocycles. The van der Waals surface area contributed by atoms with Gasteiger partial charge in [-0.3, -0.25) is 4.68 Å². The molecule has 2 rings (SSSR count). The maximum Gasteiger partial charge on any atom is 0.0964 e. The van der Waals surface area contributed by atoms with Crippen molar-refractivity contribution in [2.45, 2.75) is 58.3 Å². The molecule has 6 nitrogen and oxygen atoms in total. The van der Waals surface area contributed by atoms with Crippen LogP contribution in [0, 0.1) is 0 Å². The molecule has 0 aliphatic carbocycles. The summed E-state index contributed by atoms with van der Waals surface area (Å²) in [5.41, 5.74) is 1.00. The van der Waals surface area contributed by atoms with E-state index in [0.717, 1.165) is 38.5 Å². The van der Waals surface area contributed by atoms with Crippen molar-refractivity contribution < 1.29 is 4.74 Å². The van der Waals surface area contributed by atoms with Crippen LogP contribution >= 0.6 is 0 Å². The van der Waals surface area contributed by atoms with Crippen LogP contribution in [0.25, 0.3) is 0 Å². The number of nitrogens with zero attached hydrogens (tertiary/aromatic N) is 4. The molecule has 1 atom stereocenters. The van der Waals surface area contributed by atoms with Crippen molar-refractivity contribution in [1.29, 1.82) is 0 Å². The van der Waals surface area contributed by atoms with Crippen molar-refractivity contribution in [3.8, 4) is 0 Å². The Morgan fingerprint density at radius 1 is 1.48 bits per heavy atom. The van der Waals surface area contributed by atoms with Crippen LogP contribution in [0.2, 0.25) is 0 Å². The minimum absolute atomic E-state index is 0.408. The monoisotopic (exact) mass is 295 g/mol. The first-order chi connectivity index (χ1) is 10.1. The van der Waals surface area contributed by atoms with Crippen LogP contribution in [0.5, 0.6) is 0 Å². The normalized spacial score (nSPS) is 19.6. The van der Waals surface area contributed by atoms with Gasteiger partial charge in [-0.05, 0) is 26.3 Å². The lowest BCUT2D eigenvalue weighted by Gasteiger charge is -2.27. The molecule has 1 saturated heterocycles. The second-order valence-corrected chi connectivity index (χ2v) is 6.26. The van der Waals surface area contributed by atoms with Gasteiger partial charge in [0.05, 0.1) is 18.3 Å². The highest BCUT2D eigenvalue weighted by Gasteiger charge is 2.15. The highest BCUT2D eigenvalue weighted by Crippen LogP contribution is 2.13. The van der Waals surface area contributed by atoms with Gasteiger partial charge in [-0.25, -0.2) is 0 Å². The summed E-state index contributed by atoms with van der Waals surface area (Å²) in [6.07, 6.45) is 6.14. The molecule has 1 N–H and O–H groups in total. The lowest BCUT2D eigenvalue weighted by atomic mass is 10.1. The Balaban J connectivity index is 1.67. The largest absolute Gasteiger partial charge is 0.377 e. The number of likely N-dealkylation sites (N-methyl/N-ethyl adjacent to an activating group) is 1. The highest BCUT2D eigenvalue weighted by atomic mass is 16.5. The molecule has 120 valence electrons. The molecular weight excluding hydrogens is 266 g/mol. The van der Waals surface area contributed by atoms with Gasteiger partial charge < -0.3 is 15.0 Å².